The molecule has 27 heavy (non-hydrogen) atoms. The lowest BCUT2D eigenvalue weighted by Crippen LogP contribution is -2.53. The molecule has 9 heteroatoms. The van der Waals surface area contributed by atoms with Crippen LogP contribution in [0.15, 0.2) is 59.3 Å². The number of nitrogens with zero attached hydrogens (tertiary/aromatic N) is 2. The maximum absolute atomic E-state index is 12.9. The number of benzene rings is 1. The minimum atomic E-state index is -4.42. The lowest BCUT2D eigenvalue weighted by Gasteiger charge is -2.38. The number of amides is 1. The largest absolute Gasteiger partial charge is 0.416 e. The van der Waals surface area contributed by atoms with Gasteiger partial charge < -0.3 is 9.74 Å². The monoisotopic (exact) mass is 398 g/mol. The van der Waals surface area contributed by atoms with E-state index in [0.29, 0.717) is 5.71 Å². The molecule has 0 atom stereocenters. The summed E-state index contributed by atoms with van der Waals surface area (Å²) >= 11 is 1.41. The molecule has 1 aliphatic heterocycles. The number of carbonyl (C=O) groups is 1. The Morgan fingerprint density at radius 1 is 1.22 bits per heavy atom. The van der Waals surface area contributed by atoms with Gasteiger partial charge in [-0.25, -0.2) is 4.39 Å². The summed E-state index contributed by atoms with van der Waals surface area (Å²) in [5.41, 5.74) is -0.227. The fourth-order valence-electron chi connectivity index (χ4n) is 2.54. The third kappa shape index (κ3) is 4.36. The van der Waals surface area contributed by atoms with E-state index in [1.165, 1.54) is 28.4 Å². The van der Waals surface area contributed by atoms with Crippen LogP contribution in [0.5, 0.6) is 5.75 Å². The lowest BCUT2D eigenvalue weighted by molar-refractivity contribution is -0.137. The molecule has 2 heterocycles. The van der Waals surface area contributed by atoms with E-state index < -0.39 is 23.5 Å². The van der Waals surface area contributed by atoms with E-state index in [-0.39, 0.29) is 24.8 Å². The number of hydrogen-bond donors (Lipinski definition) is 0. The van der Waals surface area contributed by atoms with E-state index >= 15 is 0 Å². The quantitative estimate of drug-likeness (QED) is 0.322. The van der Waals surface area contributed by atoms with E-state index in [9.17, 15) is 22.4 Å². The average Bonchev–Trinajstić information content (AvgIpc) is 3.10. The second-order valence-corrected chi connectivity index (χ2v) is 6.83. The Kier molecular flexibility index (Phi) is 5.31. The molecule has 0 spiro atoms. The second kappa shape index (κ2) is 7.51. The van der Waals surface area contributed by atoms with Gasteiger partial charge in [-0.2, -0.15) is 13.2 Å². The van der Waals surface area contributed by atoms with Gasteiger partial charge in [0.05, 0.1) is 10.4 Å². The molecule has 1 amide bonds. The molecule has 0 saturated carbocycles. The minimum absolute atomic E-state index is 0.154. The molecule has 2 aromatic rings. The highest BCUT2D eigenvalue weighted by molar-refractivity contribution is 7.12. The number of oxime groups is 1. The Bertz CT molecular complexity index is 854. The van der Waals surface area contributed by atoms with Crippen LogP contribution >= 0.6 is 11.3 Å². The molecule has 1 fully saturated rings. The number of rotatable bonds is 5. The Morgan fingerprint density at radius 2 is 1.89 bits per heavy atom. The first kappa shape index (κ1) is 19.1. The Morgan fingerprint density at radius 3 is 2.41 bits per heavy atom. The van der Waals surface area contributed by atoms with Crippen molar-refractivity contribution in [3.63, 3.8) is 0 Å². The first-order valence-corrected chi connectivity index (χ1v) is 8.73. The van der Waals surface area contributed by atoms with Gasteiger partial charge in [-0.1, -0.05) is 17.8 Å². The summed E-state index contributed by atoms with van der Waals surface area (Å²) in [6.07, 6.45) is -4.42. The zero-order valence-corrected chi connectivity index (χ0v) is 14.7. The minimum Gasteiger partial charge on any atom is -0.357 e. The highest BCUT2D eigenvalue weighted by Gasteiger charge is 2.36. The van der Waals surface area contributed by atoms with Crippen LogP contribution in [0.3, 0.4) is 0 Å². The highest BCUT2D eigenvalue weighted by atomic mass is 32.1. The van der Waals surface area contributed by atoms with Crippen LogP contribution in [0.4, 0.5) is 17.6 Å². The fourth-order valence-corrected chi connectivity index (χ4v) is 3.33. The van der Waals surface area contributed by atoms with Crippen molar-refractivity contribution in [2.24, 2.45) is 11.1 Å². The molecule has 0 N–H and O–H groups in total. The molecule has 0 aliphatic carbocycles. The van der Waals surface area contributed by atoms with Gasteiger partial charge in [0.2, 0.25) is 0 Å². The van der Waals surface area contributed by atoms with Gasteiger partial charge in [-0.05, 0) is 35.7 Å². The van der Waals surface area contributed by atoms with Gasteiger partial charge >= 0.3 is 6.18 Å². The van der Waals surface area contributed by atoms with E-state index in [1.807, 2.05) is 17.5 Å². The van der Waals surface area contributed by atoms with Crippen molar-refractivity contribution in [3.8, 4) is 5.75 Å². The number of carbonyl (C=O) groups excluding carboxylic acids is 1. The third-order valence-electron chi connectivity index (χ3n) is 3.99. The second-order valence-electron chi connectivity index (χ2n) is 5.88. The zero-order chi connectivity index (χ0) is 19.6. The summed E-state index contributed by atoms with van der Waals surface area (Å²) in [7, 11) is 0. The Labute approximate surface area is 156 Å². The van der Waals surface area contributed by atoms with Crippen LogP contribution in [-0.2, 0) is 11.0 Å². The number of alkyl halides is 3. The number of hydrogen-bond acceptors (Lipinski definition) is 4. The molecule has 1 saturated heterocycles. The molecular weight excluding hydrogens is 384 g/mol. The van der Waals surface area contributed by atoms with Gasteiger partial charge in [0.25, 0.3) is 5.91 Å². The normalized spacial score (nSPS) is 15.4. The van der Waals surface area contributed by atoms with Gasteiger partial charge in [0, 0.05) is 19.0 Å². The van der Waals surface area contributed by atoms with Crippen LogP contribution in [0.25, 0.3) is 0 Å². The molecule has 0 radical (unpaired) electrons. The highest BCUT2D eigenvalue weighted by Crippen LogP contribution is 2.31. The summed E-state index contributed by atoms with van der Waals surface area (Å²) in [6.45, 7) is 3.50. The average molecular weight is 398 g/mol. The van der Waals surface area contributed by atoms with Gasteiger partial charge in [-0.3, -0.25) is 4.79 Å². The van der Waals surface area contributed by atoms with Crippen molar-refractivity contribution < 1.29 is 27.2 Å². The van der Waals surface area contributed by atoms with Crippen LogP contribution in [0, 0.1) is 5.92 Å². The Balaban J connectivity index is 1.73. The smallest absolute Gasteiger partial charge is 0.357 e. The van der Waals surface area contributed by atoms with E-state index in [1.54, 1.807) is 0 Å². The first-order chi connectivity index (χ1) is 12.8. The van der Waals surface area contributed by atoms with E-state index in [4.69, 9.17) is 4.84 Å². The van der Waals surface area contributed by atoms with Crippen LogP contribution in [0.1, 0.15) is 10.4 Å². The molecule has 1 aromatic heterocycles. The maximum Gasteiger partial charge on any atom is 0.416 e. The summed E-state index contributed by atoms with van der Waals surface area (Å²) in [4.78, 5) is 19.0. The molecule has 1 aromatic carbocycles. The number of thiophene rings is 1. The number of likely N-dealkylation sites (tertiary alicyclic amines) is 1. The topological polar surface area (TPSA) is 41.9 Å². The molecule has 0 bridgehead atoms. The van der Waals surface area contributed by atoms with Crippen molar-refractivity contribution in [3.05, 3.63) is 64.6 Å². The number of halogens is 4. The first-order valence-electron chi connectivity index (χ1n) is 7.85. The standard InChI is InChI=1S/C18H14F4N2O2S/c1-11(19)17(25)24-9-12(10-24)16(15-3-2-8-27-15)23-26-14-6-4-13(5-7-14)18(20,21)22/h2-8,12H,1,9-10H2. The summed E-state index contributed by atoms with van der Waals surface area (Å²) in [6, 6.07) is 7.82. The third-order valence-corrected chi connectivity index (χ3v) is 4.88. The molecule has 4 nitrogen and oxygen atoms in total. The van der Waals surface area contributed by atoms with Crippen molar-refractivity contribution in [2.75, 3.05) is 13.1 Å². The molecule has 142 valence electrons. The summed E-state index contributed by atoms with van der Waals surface area (Å²) in [5.74, 6) is -1.80. The predicted octanol–water partition coefficient (Wildman–Crippen LogP) is 4.49. The molecule has 3 rings (SSSR count). The van der Waals surface area contributed by atoms with Gasteiger partial charge in [0.15, 0.2) is 11.6 Å². The summed E-state index contributed by atoms with van der Waals surface area (Å²) < 4.78 is 50.8. The molecule has 1 aliphatic rings. The van der Waals surface area contributed by atoms with Crippen molar-refractivity contribution in [1.82, 2.24) is 4.90 Å². The fraction of sp³-hybridized carbons (Fsp3) is 0.222. The van der Waals surface area contributed by atoms with Crippen molar-refractivity contribution >= 4 is 23.0 Å². The SMILES string of the molecule is C=C(F)C(=O)N1CC(C(=NOc2ccc(C(F)(F)F)cc2)c2cccs2)C1. The van der Waals surface area contributed by atoms with Gasteiger partial charge in [-0.15, -0.1) is 11.3 Å². The zero-order valence-electron chi connectivity index (χ0n) is 13.9. The molecule has 0 unspecified atom stereocenters. The Hall–Kier alpha value is -2.68. The maximum atomic E-state index is 12.9. The van der Waals surface area contributed by atoms with E-state index in [2.05, 4.69) is 11.7 Å². The van der Waals surface area contributed by atoms with Crippen molar-refractivity contribution in [1.29, 1.82) is 0 Å². The van der Waals surface area contributed by atoms with Crippen LogP contribution in [0.2, 0.25) is 0 Å². The van der Waals surface area contributed by atoms with Crippen LogP contribution in [-0.4, -0.2) is 29.6 Å². The predicted molar refractivity (Wildman–Crippen MR) is 93.2 cm³/mol. The van der Waals surface area contributed by atoms with E-state index in [0.717, 1.165) is 17.0 Å². The summed E-state index contributed by atoms with van der Waals surface area (Å²) in [5, 5.41) is 5.92. The van der Waals surface area contributed by atoms with Crippen LogP contribution < -0.4 is 4.84 Å². The van der Waals surface area contributed by atoms with Gasteiger partial charge in [0.1, 0.15) is 5.71 Å². The lowest BCUT2D eigenvalue weighted by atomic mass is 9.93. The van der Waals surface area contributed by atoms with Crippen molar-refractivity contribution in [2.45, 2.75) is 6.18 Å². The molecular formula is C18H14F4N2O2S.